The van der Waals surface area contributed by atoms with Gasteiger partial charge in [-0.15, -0.1) is 0 Å². The van der Waals surface area contributed by atoms with Crippen LogP contribution in [0, 0.1) is 6.92 Å². The van der Waals surface area contributed by atoms with E-state index in [1.165, 1.54) is 16.8 Å². The second kappa shape index (κ2) is 3.80. The van der Waals surface area contributed by atoms with Crippen LogP contribution in [-0.4, -0.2) is 16.7 Å². The van der Waals surface area contributed by atoms with Gasteiger partial charge in [0.15, 0.2) is 0 Å². The highest BCUT2D eigenvalue weighted by Crippen LogP contribution is 2.35. The van der Waals surface area contributed by atoms with Gasteiger partial charge < -0.3 is 10.6 Å². The first-order valence-electron chi connectivity index (χ1n) is 5.91. The van der Waals surface area contributed by atoms with Crippen LogP contribution < -0.4 is 10.6 Å². The topological polar surface area (TPSA) is 57.9 Å². The quantitative estimate of drug-likeness (QED) is 0.788. The maximum atomic E-state index is 5.90. The fourth-order valence-corrected chi connectivity index (χ4v) is 2.48. The van der Waals surface area contributed by atoms with Gasteiger partial charge in [0.2, 0.25) is 0 Å². The van der Waals surface area contributed by atoms with Crippen LogP contribution >= 0.6 is 0 Å². The average molecular weight is 228 g/mol. The van der Waals surface area contributed by atoms with Crippen LogP contribution in [0.2, 0.25) is 0 Å². The molecule has 0 atom stereocenters. The first kappa shape index (κ1) is 10.2. The minimum Gasteiger partial charge on any atom is -0.382 e. The maximum Gasteiger partial charge on any atom is 0.143 e. The van der Waals surface area contributed by atoms with Crippen molar-refractivity contribution in [2.24, 2.45) is 0 Å². The van der Waals surface area contributed by atoms with E-state index in [9.17, 15) is 0 Å². The summed E-state index contributed by atoms with van der Waals surface area (Å²) in [6, 6.07) is 6.58. The number of aromatic amines is 1. The van der Waals surface area contributed by atoms with E-state index >= 15 is 0 Å². The molecule has 1 aromatic heterocycles. The molecule has 1 aliphatic heterocycles. The molecule has 0 amide bonds. The Morgan fingerprint density at radius 1 is 1.35 bits per heavy atom. The number of nitrogen functional groups attached to an aromatic ring is 1. The summed E-state index contributed by atoms with van der Waals surface area (Å²) in [6.07, 6.45) is 4.09. The molecular weight excluding hydrogens is 212 g/mol. The number of aromatic nitrogens is 2. The average Bonchev–Trinajstić information content (AvgIpc) is 2.74. The Morgan fingerprint density at radius 3 is 3.00 bits per heavy atom. The number of rotatable bonds is 1. The Bertz CT molecular complexity index is 544. The minimum absolute atomic E-state index is 0.637. The lowest BCUT2D eigenvalue weighted by atomic mass is 9.99. The monoisotopic (exact) mass is 228 g/mol. The van der Waals surface area contributed by atoms with Crippen LogP contribution in [0.3, 0.4) is 0 Å². The number of aryl methyl sites for hydroxylation is 2. The van der Waals surface area contributed by atoms with Crippen LogP contribution in [0.25, 0.3) is 0 Å². The van der Waals surface area contributed by atoms with Crippen molar-refractivity contribution in [3.63, 3.8) is 0 Å². The highest BCUT2D eigenvalue weighted by molar-refractivity contribution is 5.74. The molecule has 1 aromatic carbocycles. The van der Waals surface area contributed by atoms with Gasteiger partial charge >= 0.3 is 0 Å². The van der Waals surface area contributed by atoms with E-state index < -0.39 is 0 Å². The number of hydrogen-bond donors (Lipinski definition) is 2. The second-order valence-corrected chi connectivity index (χ2v) is 4.56. The van der Waals surface area contributed by atoms with Crippen molar-refractivity contribution < 1.29 is 0 Å². The largest absolute Gasteiger partial charge is 0.382 e. The molecule has 0 saturated heterocycles. The molecule has 0 spiro atoms. The van der Waals surface area contributed by atoms with Gasteiger partial charge in [0, 0.05) is 12.2 Å². The molecule has 4 heteroatoms. The first-order chi connectivity index (χ1) is 8.25. The van der Waals surface area contributed by atoms with Gasteiger partial charge in [-0.3, -0.25) is 5.10 Å². The molecule has 0 saturated carbocycles. The van der Waals surface area contributed by atoms with Crippen molar-refractivity contribution in [3.05, 3.63) is 35.5 Å². The van der Waals surface area contributed by atoms with Crippen LogP contribution in [0.4, 0.5) is 17.2 Å². The highest BCUT2D eigenvalue weighted by Gasteiger charge is 2.20. The summed E-state index contributed by atoms with van der Waals surface area (Å²) >= 11 is 0. The molecule has 17 heavy (non-hydrogen) atoms. The molecule has 0 fully saturated rings. The van der Waals surface area contributed by atoms with Gasteiger partial charge in [0.25, 0.3) is 0 Å². The Hall–Kier alpha value is -1.97. The SMILES string of the molecule is Cc1ccc2c(c1)CCCN2c1cn[nH]c1N. The van der Waals surface area contributed by atoms with Gasteiger partial charge in [-0.1, -0.05) is 17.7 Å². The zero-order valence-electron chi connectivity index (χ0n) is 9.90. The number of fused-ring (bicyclic) bond motifs is 1. The molecule has 0 radical (unpaired) electrons. The molecule has 0 aliphatic carbocycles. The fourth-order valence-electron chi connectivity index (χ4n) is 2.48. The van der Waals surface area contributed by atoms with Gasteiger partial charge in [0.1, 0.15) is 11.5 Å². The van der Waals surface area contributed by atoms with Gasteiger partial charge in [-0.2, -0.15) is 5.10 Å². The number of nitrogens with one attached hydrogen (secondary N) is 1. The van der Waals surface area contributed by atoms with Crippen molar-refractivity contribution in [1.82, 2.24) is 10.2 Å². The predicted octanol–water partition coefficient (Wildman–Crippen LogP) is 2.38. The third kappa shape index (κ3) is 1.65. The fraction of sp³-hybridized carbons (Fsp3) is 0.308. The minimum atomic E-state index is 0.637. The van der Waals surface area contributed by atoms with E-state index in [-0.39, 0.29) is 0 Å². The summed E-state index contributed by atoms with van der Waals surface area (Å²) in [4.78, 5) is 2.25. The molecule has 0 unspecified atom stereocenters. The van der Waals surface area contributed by atoms with Crippen molar-refractivity contribution in [2.75, 3.05) is 17.2 Å². The number of nitrogens with zero attached hydrogens (tertiary/aromatic N) is 2. The standard InChI is InChI=1S/C13H16N4/c1-9-4-5-11-10(7-9)3-2-6-17(11)12-8-15-16-13(12)14/h4-5,7-8H,2-3,6H2,1H3,(H3,14,15,16). The number of anilines is 3. The Morgan fingerprint density at radius 2 is 2.24 bits per heavy atom. The summed E-state index contributed by atoms with van der Waals surface area (Å²) in [5.74, 6) is 0.637. The highest BCUT2D eigenvalue weighted by atomic mass is 15.2. The lowest BCUT2D eigenvalue weighted by Gasteiger charge is -2.30. The predicted molar refractivity (Wildman–Crippen MR) is 69.5 cm³/mol. The summed E-state index contributed by atoms with van der Waals surface area (Å²) in [6.45, 7) is 3.13. The zero-order valence-corrected chi connectivity index (χ0v) is 9.90. The molecular formula is C13H16N4. The van der Waals surface area contributed by atoms with Crippen molar-refractivity contribution in [2.45, 2.75) is 19.8 Å². The molecule has 88 valence electrons. The van der Waals surface area contributed by atoms with Gasteiger partial charge in [-0.05, 0) is 31.4 Å². The van der Waals surface area contributed by atoms with E-state index in [0.717, 1.165) is 25.1 Å². The molecule has 2 aromatic rings. The van der Waals surface area contributed by atoms with Crippen LogP contribution in [0.1, 0.15) is 17.5 Å². The summed E-state index contributed by atoms with van der Waals surface area (Å²) in [5, 5.41) is 6.79. The van der Waals surface area contributed by atoms with Gasteiger partial charge in [-0.25, -0.2) is 0 Å². The summed E-state index contributed by atoms with van der Waals surface area (Å²) in [5.41, 5.74) is 10.8. The van der Waals surface area contributed by atoms with E-state index in [0.29, 0.717) is 5.82 Å². The van der Waals surface area contributed by atoms with Crippen molar-refractivity contribution in [1.29, 1.82) is 0 Å². The lowest BCUT2D eigenvalue weighted by molar-refractivity contribution is 0.766. The smallest absolute Gasteiger partial charge is 0.143 e. The number of benzene rings is 1. The summed E-state index contributed by atoms with van der Waals surface area (Å²) < 4.78 is 0. The van der Waals surface area contributed by atoms with Gasteiger partial charge in [0.05, 0.1) is 6.20 Å². The maximum absolute atomic E-state index is 5.90. The number of H-pyrrole nitrogens is 1. The summed E-state index contributed by atoms with van der Waals surface area (Å²) in [7, 11) is 0. The number of hydrogen-bond acceptors (Lipinski definition) is 3. The van der Waals surface area contributed by atoms with E-state index in [1.54, 1.807) is 6.20 Å². The van der Waals surface area contributed by atoms with Crippen LogP contribution in [0.15, 0.2) is 24.4 Å². The van der Waals surface area contributed by atoms with Crippen LogP contribution in [-0.2, 0) is 6.42 Å². The van der Waals surface area contributed by atoms with Crippen molar-refractivity contribution in [3.8, 4) is 0 Å². The van der Waals surface area contributed by atoms with Crippen molar-refractivity contribution >= 4 is 17.2 Å². The molecule has 2 heterocycles. The third-order valence-corrected chi connectivity index (χ3v) is 3.29. The molecule has 1 aliphatic rings. The van der Waals surface area contributed by atoms with E-state index in [4.69, 9.17) is 5.73 Å². The second-order valence-electron chi connectivity index (χ2n) is 4.56. The zero-order chi connectivity index (χ0) is 11.8. The first-order valence-corrected chi connectivity index (χ1v) is 5.91. The Balaban J connectivity index is 2.08. The normalized spacial score (nSPS) is 14.8. The Labute approximate surface area is 100 Å². The molecule has 3 N–H and O–H groups in total. The number of nitrogens with two attached hydrogens (primary N) is 1. The molecule has 0 bridgehead atoms. The van der Waals surface area contributed by atoms with Crippen LogP contribution in [0.5, 0.6) is 0 Å². The molecule has 4 nitrogen and oxygen atoms in total. The third-order valence-electron chi connectivity index (χ3n) is 3.29. The van der Waals surface area contributed by atoms with E-state index in [1.807, 2.05) is 0 Å². The Kier molecular flexibility index (Phi) is 2.28. The lowest BCUT2D eigenvalue weighted by Crippen LogP contribution is -2.24. The van der Waals surface area contributed by atoms with E-state index in [2.05, 4.69) is 40.2 Å². The molecule has 3 rings (SSSR count).